The maximum Gasteiger partial charge on any atom is 0.316 e. The molecule has 5 aliphatic rings. The molecule has 3 aliphatic heterocycles. The number of ketones is 3. The molecular formula is C42H53NO15. The Morgan fingerprint density at radius 2 is 1.57 bits per heavy atom. The lowest BCUT2D eigenvalue weighted by Crippen LogP contribution is -2.58. The summed E-state index contributed by atoms with van der Waals surface area (Å²) < 4.78 is 42.6. The predicted octanol–water partition coefficient (Wildman–Crippen LogP) is 3.16. The topological polar surface area (TPSA) is 217 Å². The number of aliphatic hydroxyl groups excluding tert-OH is 1. The van der Waals surface area contributed by atoms with Crippen LogP contribution in [-0.4, -0.2) is 137 Å². The minimum absolute atomic E-state index is 0.00573. The molecule has 2 aromatic rings. The van der Waals surface area contributed by atoms with E-state index in [1.54, 1.807) is 27.7 Å². The molecule has 58 heavy (non-hydrogen) atoms. The molecule has 0 aromatic heterocycles. The normalized spacial score (nSPS) is 36.3. The molecule has 316 valence electrons. The van der Waals surface area contributed by atoms with Crippen LogP contribution in [0.2, 0.25) is 0 Å². The summed E-state index contributed by atoms with van der Waals surface area (Å²) in [6.45, 7) is 6.95. The smallest absolute Gasteiger partial charge is 0.316 e. The van der Waals surface area contributed by atoms with E-state index in [0.29, 0.717) is 12.8 Å². The number of carbonyl (C=O) groups excluding carboxylic acids is 4. The molecule has 0 radical (unpaired) electrons. The Balaban J connectivity index is 1.13. The minimum Gasteiger partial charge on any atom is -0.507 e. The average Bonchev–Trinajstić information content (AvgIpc) is 3.17. The zero-order chi connectivity index (χ0) is 42.0. The second-order valence-corrected chi connectivity index (χ2v) is 16.3. The van der Waals surface area contributed by atoms with E-state index < -0.39 is 102 Å². The van der Waals surface area contributed by atoms with Crippen LogP contribution in [0.1, 0.15) is 121 Å². The second kappa shape index (κ2) is 16.3. The molecule has 0 amide bonds. The van der Waals surface area contributed by atoms with Gasteiger partial charge in [0, 0.05) is 54.8 Å². The van der Waals surface area contributed by atoms with Crippen LogP contribution in [0.15, 0.2) is 24.3 Å². The Hall–Kier alpha value is -3.84. The first-order chi connectivity index (χ1) is 27.5. The number of phenolic OH excluding ortho intramolecular Hbond substituents is 2. The maximum atomic E-state index is 13.9. The van der Waals surface area contributed by atoms with E-state index in [2.05, 4.69) is 0 Å². The van der Waals surface area contributed by atoms with E-state index in [0.717, 1.165) is 0 Å². The van der Waals surface area contributed by atoms with Gasteiger partial charge in [-0.15, -0.1) is 0 Å². The van der Waals surface area contributed by atoms with Crippen LogP contribution in [0, 0.1) is 0 Å². The van der Waals surface area contributed by atoms with Gasteiger partial charge in [0.25, 0.3) is 0 Å². The molecule has 0 spiro atoms. The van der Waals surface area contributed by atoms with E-state index in [9.17, 15) is 39.6 Å². The van der Waals surface area contributed by atoms with Crippen molar-refractivity contribution < 1.29 is 72.8 Å². The first-order valence-corrected chi connectivity index (χ1v) is 19.9. The number of benzene rings is 2. The van der Waals surface area contributed by atoms with Crippen molar-refractivity contribution in [2.75, 3.05) is 21.2 Å². The molecule has 4 N–H and O–H groups in total. The SMILES string of the molecule is CC[C@@]1(O)C[C@H](O[C@H]2C[C@@H](N(C)C)[C@H](O[C@@H]3C[C@@H](O)[C@H](O[C@H]4CCC(=O)[C@@H](C)O4)[C@H](C)O3)[C@H](C)O2)c2c(cc3c(c2O)C(=O)c2c(O)cccc2C3=O)[C@H]1C(=O)OC. The highest BCUT2D eigenvalue weighted by molar-refractivity contribution is 6.30. The Bertz CT molecular complexity index is 1940. The van der Waals surface area contributed by atoms with E-state index in [4.69, 9.17) is 33.2 Å². The molecule has 0 bridgehead atoms. The highest BCUT2D eigenvalue weighted by atomic mass is 16.7. The number of methoxy groups -OCH3 is 1. The third kappa shape index (κ3) is 7.47. The second-order valence-electron chi connectivity index (χ2n) is 16.3. The number of carbonyl (C=O) groups is 4. The Kier molecular flexibility index (Phi) is 11.9. The van der Waals surface area contributed by atoms with Gasteiger partial charge < -0.3 is 58.5 Å². The Morgan fingerprint density at radius 1 is 0.897 bits per heavy atom. The van der Waals surface area contributed by atoms with Crippen LogP contribution in [-0.2, 0) is 42.7 Å². The van der Waals surface area contributed by atoms with Gasteiger partial charge in [0.1, 0.15) is 35.7 Å². The molecule has 3 heterocycles. The van der Waals surface area contributed by atoms with Crippen molar-refractivity contribution >= 4 is 23.3 Å². The van der Waals surface area contributed by atoms with E-state index in [1.807, 2.05) is 19.0 Å². The first-order valence-electron chi connectivity index (χ1n) is 19.9. The van der Waals surface area contributed by atoms with Crippen molar-refractivity contribution in [3.05, 3.63) is 57.6 Å². The summed E-state index contributed by atoms with van der Waals surface area (Å²) in [5.74, 6) is -4.59. The summed E-state index contributed by atoms with van der Waals surface area (Å²) in [5.41, 5.74) is -2.49. The standard InChI is InChI=1S/C42H53NO15/c1-8-42(51)17-28(33-22(35(42)41(50)52-7)14-23-34(38(33)49)37(48)32-21(36(23)47)10-9-11-26(32)45)56-30-15-24(43(5)6)39(19(3)54-30)58-31-16-27(46)40(20(4)55-31)57-29-13-12-25(44)18(2)53-29/h9-11,14,18-20,24,27-31,35,39-40,45-46,49,51H,8,12-13,15-17H2,1-7H3/t18-,19+,20+,24-,27-,28+,29+,30+,31-,35+,39-,40-,42-/m1/s1. The highest BCUT2D eigenvalue weighted by Gasteiger charge is 2.53. The largest absolute Gasteiger partial charge is 0.507 e. The number of rotatable bonds is 9. The number of hydrogen-bond acceptors (Lipinski definition) is 16. The van der Waals surface area contributed by atoms with E-state index >= 15 is 0 Å². The lowest BCUT2D eigenvalue weighted by atomic mass is 9.67. The van der Waals surface area contributed by atoms with Gasteiger partial charge in [-0.25, -0.2) is 0 Å². The van der Waals surface area contributed by atoms with Gasteiger partial charge in [-0.2, -0.15) is 0 Å². The summed E-state index contributed by atoms with van der Waals surface area (Å²) >= 11 is 0. The van der Waals surface area contributed by atoms with Crippen molar-refractivity contribution in [1.29, 1.82) is 0 Å². The molecule has 16 heteroatoms. The lowest BCUT2D eigenvalue weighted by molar-refractivity contribution is -0.324. The predicted molar refractivity (Wildman–Crippen MR) is 201 cm³/mol. The Labute approximate surface area is 336 Å². The van der Waals surface area contributed by atoms with Crippen molar-refractivity contribution in [1.82, 2.24) is 4.90 Å². The summed E-state index contributed by atoms with van der Waals surface area (Å²) in [4.78, 5) is 55.0. The van der Waals surface area contributed by atoms with Crippen LogP contribution in [0.4, 0.5) is 0 Å². The summed E-state index contributed by atoms with van der Waals surface area (Å²) in [7, 11) is 4.91. The average molecular weight is 812 g/mol. The summed E-state index contributed by atoms with van der Waals surface area (Å²) in [6.07, 6.45) is -6.64. The molecule has 13 atom stereocenters. The van der Waals surface area contributed by atoms with Crippen molar-refractivity contribution in [3.8, 4) is 11.5 Å². The zero-order valence-corrected chi connectivity index (χ0v) is 33.7. The van der Waals surface area contributed by atoms with Crippen LogP contribution >= 0.6 is 0 Å². The van der Waals surface area contributed by atoms with Gasteiger partial charge in [0.05, 0.1) is 48.3 Å². The number of ether oxygens (including phenoxy) is 7. The molecule has 0 saturated carbocycles. The minimum atomic E-state index is -1.76. The van der Waals surface area contributed by atoms with Gasteiger partial charge >= 0.3 is 5.97 Å². The molecule has 0 unspecified atom stereocenters. The number of Topliss-reactive ketones (excluding diaryl/α,β-unsaturated/α-hetero) is 1. The number of esters is 1. The summed E-state index contributed by atoms with van der Waals surface area (Å²) in [5, 5.41) is 45.9. The Morgan fingerprint density at radius 3 is 2.21 bits per heavy atom. The van der Waals surface area contributed by atoms with E-state index in [1.165, 1.54) is 31.4 Å². The number of fused-ring (bicyclic) bond motifs is 3. The molecule has 2 aromatic carbocycles. The fourth-order valence-corrected chi connectivity index (χ4v) is 9.27. The third-order valence-corrected chi connectivity index (χ3v) is 12.4. The van der Waals surface area contributed by atoms with Crippen LogP contribution in [0.25, 0.3) is 0 Å². The third-order valence-electron chi connectivity index (χ3n) is 12.4. The molecule has 16 nitrogen and oxygen atoms in total. The number of likely N-dealkylation sites (N-methyl/N-ethyl adjacent to an activating group) is 1. The van der Waals surface area contributed by atoms with Crippen molar-refractivity contribution in [2.45, 2.75) is 145 Å². The number of aliphatic hydroxyl groups is 2. The highest BCUT2D eigenvalue weighted by Crippen LogP contribution is 2.54. The van der Waals surface area contributed by atoms with E-state index in [-0.39, 0.29) is 70.9 Å². The van der Waals surface area contributed by atoms with Crippen molar-refractivity contribution in [3.63, 3.8) is 0 Å². The molecular weight excluding hydrogens is 758 g/mol. The molecule has 3 saturated heterocycles. The fourth-order valence-electron chi connectivity index (χ4n) is 9.27. The fraction of sp³-hybridized carbons (Fsp3) is 0.619. The quantitative estimate of drug-likeness (QED) is 0.228. The first kappa shape index (κ1) is 42.3. The van der Waals surface area contributed by atoms with Crippen molar-refractivity contribution in [2.24, 2.45) is 0 Å². The molecule has 2 aliphatic carbocycles. The molecule has 3 fully saturated rings. The lowest BCUT2D eigenvalue weighted by Gasteiger charge is -2.48. The van der Waals surface area contributed by atoms with Gasteiger partial charge in [0.15, 0.2) is 30.4 Å². The number of aromatic hydroxyl groups is 2. The number of phenols is 2. The number of hydrogen-bond donors (Lipinski definition) is 4. The van der Waals surface area contributed by atoms with Gasteiger partial charge in [-0.1, -0.05) is 19.1 Å². The van der Waals surface area contributed by atoms with Gasteiger partial charge in [0.2, 0.25) is 5.78 Å². The monoisotopic (exact) mass is 811 g/mol. The summed E-state index contributed by atoms with van der Waals surface area (Å²) in [6, 6.07) is 5.11. The maximum absolute atomic E-state index is 13.9. The van der Waals surface area contributed by atoms with Crippen LogP contribution in [0.5, 0.6) is 11.5 Å². The van der Waals surface area contributed by atoms with Crippen LogP contribution < -0.4 is 0 Å². The van der Waals surface area contributed by atoms with Gasteiger partial charge in [-0.05, 0) is 59.0 Å². The zero-order valence-electron chi connectivity index (χ0n) is 33.7. The van der Waals surface area contributed by atoms with Crippen LogP contribution in [0.3, 0.4) is 0 Å². The van der Waals surface area contributed by atoms with Gasteiger partial charge in [-0.3, -0.25) is 19.2 Å². The molecule has 7 rings (SSSR count). The number of nitrogens with zero attached hydrogens (tertiary/aromatic N) is 1.